The van der Waals surface area contributed by atoms with Gasteiger partial charge in [-0.1, -0.05) is 0 Å². The molecule has 1 saturated heterocycles. The van der Waals surface area contributed by atoms with E-state index in [1.54, 1.807) is 16.2 Å². The third kappa shape index (κ3) is 4.77. The lowest BCUT2D eigenvalue weighted by Gasteiger charge is -2.25. The Hall–Kier alpha value is -2.26. The molecule has 0 bridgehead atoms. The zero-order chi connectivity index (χ0) is 20.1. The first-order chi connectivity index (χ1) is 13.4. The molecule has 2 aromatic rings. The van der Waals surface area contributed by atoms with Crippen molar-refractivity contribution in [1.82, 2.24) is 4.90 Å². The molecule has 0 aliphatic carbocycles. The average molecular weight is 414 g/mol. The molecule has 1 aliphatic rings. The number of nitrogens with zero attached hydrogens (tertiary/aromatic N) is 1. The molecule has 0 spiro atoms. The number of nitrogens with one attached hydrogen (secondary N) is 1. The van der Waals surface area contributed by atoms with Gasteiger partial charge in [0.25, 0.3) is 0 Å². The third-order valence-electron chi connectivity index (χ3n) is 4.54. The van der Waals surface area contributed by atoms with Crippen molar-refractivity contribution in [3.63, 3.8) is 0 Å². The molecule has 1 aromatic carbocycles. The molecule has 1 atom stereocenters. The Morgan fingerprint density at radius 1 is 1.32 bits per heavy atom. The molecule has 9 heteroatoms. The fourth-order valence-corrected chi connectivity index (χ4v) is 3.88. The molecule has 1 N–H and O–H groups in total. The number of alkyl halides is 3. The summed E-state index contributed by atoms with van der Waals surface area (Å²) in [6, 6.07) is 4.50. The largest absolute Gasteiger partial charge is 0.489 e. The Balaban J connectivity index is 1.81. The number of anilines is 1. The van der Waals surface area contributed by atoms with Crippen molar-refractivity contribution in [2.45, 2.75) is 25.1 Å². The minimum atomic E-state index is -4.52. The van der Waals surface area contributed by atoms with E-state index in [4.69, 9.17) is 9.47 Å². The molecule has 1 fully saturated rings. The van der Waals surface area contributed by atoms with E-state index in [1.165, 1.54) is 13.2 Å². The summed E-state index contributed by atoms with van der Waals surface area (Å²) in [6.07, 6.45) is -2.85. The van der Waals surface area contributed by atoms with Crippen LogP contribution < -0.4 is 10.1 Å². The quantitative estimate of drug-likeness (QED) is 0.664. The summed E-state index contributed by atoms with van der Waals surface area (Å²) >= 11 is 1.55. The fraction of sp³-hybridized carbons (Fsp3) is 0.421. The number of carbonyl (C=O) groups excluding carboxylic acids is 1. The van der Waals surface area contributed by atoms with Crippen LogP contribution in [0.3, 0.4) is 0 Å². The molecule has 5 nitrogen and oxygen atoms in total. The van der Waals surface area contributed by atoms with E-state index in [1.807, 2.05) is 16.8 Å². The normalized spacial score (nSPS) is 17.0. The standard InChI is InChI=1S/C19H21F3N2O3S/c1-26-8-9-27-17-5-4-14(19(20,21)22)11-15(17)23-18(25)24-7-2-3-16(24)13-6-10-28-12-13/h4-6,10-12,16H,2-3,7-9H2,1H3,(H,23,25)/t16-/m1/s1. The minimum Gasteiger partial charge on any atom is -0.489 e. The summed E-state index contributed by atoms with van der Waals surface area (Å²) in [7, 11) is 1.50. The second-order valence-electron chi connectivity index (χ2n) is 6.39. The molecular formula is C19H21F3N2O3S. The smallest absolute Gasteiger partial charge is 0.416 e. The molecule has 0 radical (unpaired) electrons. The molecular weight excluding hydrogens is 393 g/mol. The van der Waals surface area contributed by atoms with Gasteiger partial charge in [0.15, 0.2) is 0 Å². The highest BCUT2D eigenvalue weighted by Gasteiger charge is 2.33. The lowest BCUT2D eigenvalue weighted by molar-refractivity contribution is -0.137. The molecule has 3 rings (SSSR count). The number of urea groups is 1. The highest BCUT2D eigenvalue weighted by Crippen LogP contribution is 2.37. The van der Waals surface area contributed by atoms with Gasteiger partial charge in [-0.05, 0) is 53.4 Å². The van der Waals surface area contributed by atoms with Gasteiger partial charge in [0, 0.05) is 13.7 Å². The number of ether oxygens (including phenoxy) is 2. The molecule has 0 unspecified atom stereocenters. The zero-order valence-corrected chi connectivity index (χ0v) is 16.1. The summed E-state index contributed by atoms with van der Waals surface area (Å²) < 4.78 is 49.7. The topological polar surface area (TPSA) is 50.8 Å². The number of amides is 2. The third-order valence-corrected chi connectivity index (χ3v) is 5.24. The van der Waals surface area contributed by atoms with E-state index in [2.05, 4.69) is 5.32 Å². The summed E-state index contributed by atoms with van der Waals surface area (Å²) in [5.41, 5.74) is 0.183. The number of rotatable bonds is 6. The van der Waals surface area contributed by atoms with Gasteiger partial charge in [-0.2, -0.15) is 24.5 Å². The van der Waals surface area contributed by atoms with E-state index < -0.39 is 17.8 Å². The Bertz CT molecular complexity index is 796. The number of thiophene rings is 1. The van der Waals surface area contributed by atoms with Crippen LogP contribution in [0.1, 0.15) is 30.0 Å². The number of halogens is 3. The SMILES string of the molecule is COCCOc1ccc(C(F)(F)F)cc1NC(=O)N1CCC[C@@H]1c1ccsc1. The van der Waals surface area contributed by atoms with Crippen molar-refractivity contribution in [2.75, 3.05) is 32.2 Å². The fourth-order valence-electron chi connectivity index (χ4n) is 3.17. The van der Waals surface area contributed by atoms with Gasteiger partial charge in [0.05, 0.1) is 23.9 Å². The molecule has 152 valence electrons. The number of hydrogen-bond donors (Lipinski definition) is 1. The van der Waals surface area contributed by atoms with Crippen molar-refractivity contribution >= 4 is 23.1 Å². The van der Waals surface area contributed by atoms with E-state index in [0.29, 0.717) is 6.54 Å². The Kier molecular flexibility index (Phi) is 6.46. The van der Waals surface area contributed by atoms with Crippen molar-refractivity contribution in [2.24, 2.45) is 0 Å². The maximum absolute atomic E-state index is 13.1. The summed E-state index contributed by atoms with van der Waals surface area (Å²) in [5, 5.41) is 6.54. The Morgan fingerprint density at radius 3 is 2.82 bits per heavy atom. The van der Waals surface area contributed by atoms with Crippen LogP contribution in [0, 0.1) is 0 Å². The van der Waals surface area contributed by atoms with Crippen molar-refractivity contribution in [1.29, 1.82) is 0 Å². The molecule has 1 aliphatic heterocycles. The second kappa shape index (κ2) is 8.83. The van der Waals surface area contributed by atoms with Crippen molar-refractivity contribution in [3.8, 4) is 5.75 Å². The molecule has 1 aromatic heterocycles. The molecule has 2 heterocycles. The number of benzene rings is 1. The van der Waals surface area contributed by atoms with E-state index in [0.717, 1.165) is 30.5 Å². The average Bonchev–Trinajstić information content (AvgIpc) is 3.33. The van der Waals surface area contributed by atoms with Gasteiger partial charge in [0.1, 0.15) is 12.4 Å². The molecule has 2 amide bonds. The van der Waals surface area contributed by atoms with Crippen LogP contribution in [0.4, 0.5) is 23.7 Å². The minimum absolute atomic E-state index is 0.00750. The number of methoxy groups -OCH3 is 1. The van der Waals surface area contributed by atoms with Crippen LogP contribution in [0.2, 0.25) is 0 Å². The maximum atomic E-state index is 13.1. The van der Waals surface area contributed by atoms with Crippen LogP contribution in [-0.2, 0) is 10.9 Å². The van der Waals surface area contributed by atoms with Gasteiger partial charge < -0.3 is 19.7 Å². The molecule has 28 heavy (non-hydrogen) atoms. The van der Waals surface area contributed by atoms with Crippen LogP contribution >= 0.6 is 11.3 Å². The monoisotopic (exact) mass is 414 g/mol. The summed E-state index contributed by atoms with van der Waals surface area (Å²) in [6.45, 7) is 0.984. The predicted molar refractivity (Wildman–Crippen MR) is 101 cm³/mol. The Labute approximate surface area is 165 Å². The Morgan fingerprint density at radius 2 is 2.14 bits per heavy atom. The lowest BCUT2D eigenvalue weighted by atomic mass is 10.1. The van der Waals surface area contributed by atoms with E-state index in [9.17, 15) is 18.0 Å². The van der Waals surface area contributed by atoms with Crippen LogP contribution in [0.25, 0.3) is 0 Å². The molecule has 0 saturated carbocycles. The first-order valence-corrected chi connectivity index (χ1v) is 9.77. The van der Waals surface area contributed by atoms with Crippen LogP contribution in [0.5, 0.6) is 5.75 Å². The number of hydrogen-bond acceptors (Lipinski definition) is 4. The highest BCUT2D eigenvalue weighted by molar-refractivity contribution is 7.08. The highest BCUT2D eigenvalue weighted by atomic mass is 32.1. The van der Waals surface area contributed by atoms with Crippen LogP contribution in [0.15, 0.2) is 35.0 Å². The maximum Gasteiger partial charge on any atom is 0.416 e. The van der Waals surface area contributed by atoms with Gasteiger partial charge in [0.2, 0.25) is 0 Å². The van der Waals surface area contributed by atoms with Gasteiger partial charge in [-0.3, -0.25) is 0 Å². The summed E-state index contributed by atoms with van der Waals surface area (Å²) in [4.78, 5) is 14.5. The van der Waals surface area contributed by atoms with Gasteiger partial charge in [-0.25, -0.2) is 4.79 Å². The number of likely N-dealkylation sites (tertiary alicyclic amines) is 1. The van der Waals surface area contributed by atoms with Gasteiger partial charge >= 0.3 is 12.2 Å². The zero-order valence-electron chi connectivity index (χ0n) is 15.3. The van der Waals surface area contributed by atoms with E-state index >= 15 is 0 Å². The van der Waals surface area contributed by atoms with E-state index in [-0.39, 0.29) is 30.7 Å². The van der Waals surface area contributed by atoms with Gasteiger partial charge in [-0.15, -0.1) is 0 Å². The number of carbonyl (C=O) groups is 1. The first kappa shape index (κ1) is 20.5. The van der Waals surface area contributed by atoms with Crippen molar-refractivity contribution < 1.29 is 27.4 Å². The second-order valence-corrected chi connectivity index (χ2v) is 7.17. The first-order valence-electron chi connectivity index (χ1n) is 8.83. The van der Waals surface area contributed by atoms with Crippen LogP contribution in [-0.4, -0.2) is 37.8 Å². The van der Waals surface area contributed by atoms with Crippen molar-refractivity contribution in [3.05, 3.63) is 46.2 Å². The predicted octanol–water partition coefficient (Wildman–Crippen LogP) is 5.16. The lowest BCUT2D eigenvalue weighted by Crippen LogP contribution is -2.34. The summed E-state index contributed by atoms with van der Waals surface area (Å²) in [5.74, 6) is 0.171.